The number of amides is 1. The quantitative estimate of drug-likeness (QED) is 0.760. The van der Waals surface area contributed by atoms with Gasteiger partial charge in [-0.3, -0.25) is 9.59 Å². The standard InChI is InChI=1S/C15H14N4O2S2/c20-11(19-15-16-6-7-22-15)5-4-10-17-13(21)12-8-2-1-3-9(8)23-14(12)18-10/h6-7H,1-5H2,(H,16,19,20)(H,17,18,21). The lowest BCUT2D eigenvalue weighted by atomic mass is 10.2. The molecule has 0 radical (unpaired) electrons. The van der Waals surface area contributed by atoms with Crippen LogP contribution in [0, 0.1) is 0 Å². The molecule has 0 saturated heterocycles. The third-order valence-corrected chi connectivity index (χ3v) is 5.77. The van der Waals surface area contributed by atoms with Crippen molar-refractivity contribution in [1.82, 2.24) is 15.0 Å². The number of fused-ring (bicyclic) bond motifs is 3. The van der Waals surface area contributed by atoms with Crippen molar-refractivity contribution < 1.29 is 4.79 Å². The van der Waals surface area contributed by atoms with Crippen LogP contribution in [0.15, 0.2) is 16.4 Å². The van der Waals surface area contributed by atoms with Crippen LogP contribution in [0.2, 0.25) is 0 Å². The Bertz CT molecular complexity index is 927. The second kappa shape index (κ2) is 5.86. The number of hydrogen-bond donors (Lipinski definition) is 2. The molecule has 1 aliphatic carbocycles. The van der Waals surface area contributed by atoms with Crippen molar-refractivity contribution in [2.75, 3.05) is 5.32 Å². The molecule has 0 aromatic carbocycles. The molecule has 0 fully saturated rings. The molecule has 3 aromatic heterocycles. The Labute approximate surface area is 139 Å². The van der Waals surface area contributed by atoms with Gasteiger partial charge in [-0.1, -0.05) is 0 Å². The van der Waals surface area contributed by atoms with E-state index >= 15 is 0 Å². The monoisotopic (exact) mass is 346 g/mol. The second-order valence-corrected chi connectivity index (χ2v) is 7.41. The van der Waals surface area contributed by atoms with Crippen LogP contribution >= 0.6 is 22.7 Å². The molecule has 118 valence electrons. The van der Waals surface area contributed by atoms with Crippen LogP contribution in [-0.4, -0.2) is 20.9 Å². The van der Waals surface area contributed by atoms with Crippen molar-refractivity contribution in [3.05, 3.63) is 38.2 Å². The van der Waals surface area contributed by atoms with Gasteiger partial charge in [0.25, 0.3) is 5.56 Å². The number of aryl methyl sites for hydroxylation is 3. The van der Waals surface area contributed by atoms with Gasteiger partial charge >= 0.3 is 0 Å². The Hall–Kier alpha value is -2.06. The minimum Gasteiger partial charge on any atom is -0.310 e. The average molecular weight is 346 g/mol. The van der Waals surface area contributed by atoms with Gasteiger partial charge in [-0.2, -0.15) is 0 Å². The number of carbonyl (C=O) groups excluding carboxylic acids is 1. The van der Waals surface area contributed by atoms with Crippen molar-refractivity contribution in [3.63, 3.8) is 0 Å². The molecule has 2 N–H and O–H groups in total. The number of nitrogens with one attached hydrogen (secondary N) is 2. The van der Waals surface area contributed by atoms with E-state index in [-0.39, 0.29) is 17.9 Å². The molecule has 3 aromatic rings. The van der Waals surface area contributed by atoms with E-state index in [1.54, 1.807) is 22.9 Å². The predicted molar refractivity (Wildman–Crippen MR) is 91.3 cm³/mol. The Morgan fingerprint density at radius 2 is 2.30 bits per heavy atom. The summed E-state index contributed by atoms with van der Waals surface area (Å²) in [6.07, 6.45) is 5.44. The molecular weight excluding hydrogens is 332 g/mol. The van der Waals surface area contributed by atoms with E-state index in [9.17, 15) is 9.59 Å². The minimum absolute atomic E-state index is 0.0790. The van der Waals surface area contributed by atoms with E-state index in [0.29, 0.717) is 17.4 Å². The van der Waals surface area contributed by atoms with Crippen molar-refractivity contribution in [2.45, 2.75) is 32.1 Å². The summed E-state index contributed by atoms with van der Waals surface area (Å²) in [5, 5.41) is 5.86. The number of thiazole rings is 1. The smallest absolute Gasteiger partial charge is 0.259 e. The van der Waals surface area contributed by atoms with Crippen LogP contribution in [0.1, 0.15) is 29.1 Å². The van der Waals surface area contributed by atoms with Crippen LogP contribution in [0.25, 0.3) is 10.2 Å². The van der Waals surface area contributed by atoms with Crippen LogP contribution in [0.4, 0.5) is 5.13 Å². The molecule has 0 saturated carbocycles. The third kappa shape index (κ3) is 2.79. The molecular formula is C15H14N4O2S2. The normalized spacial score (nSPS) is 13.4. The van der Waals surface area contributed by atoms with Crippen molar-refractivity contribution in [3.8, 4) is 0 Å². The lowest BCUT2D eigenvalue weighted by Gasteiger charge is -2.02. The maximum atomic E-state index is 12.3. The van der Waals surface area contributed by atoms with E-state index < -0.39 is 0 Å². The zero-order valence-electron chi connectivity index (χ0n) is 12.2. The van der Waals surface area contributed by atoms with Crippen molar-refractivity contribution >= 4 is 43.9 Å². The summed E-state index contributed by atoms with van der Waals surface area (Å²) >= 11 is 2.99. The molecule has 0 bridgehead atoms. The third-order valence-electron chi connectivity index (χ3n) is 3.89. The highest BCUT2D eigenvalue weighted by molar-refractivity contribution is 7.18. The Morgan fingerprint density at radius 1 is 1.39 bits per heavy atom. The molecule has 4 rings (SSSR count). The van der Waals surface area contributed by atoms with E-state index in [2.05, 4.69) is 20.3 Å². The number of aromatic nitrogens is 3. The molecule has 0 unspecified atom stereocenters. The van der Waals surface area contributed by atoms with Gasteiger partial charge in [-0.05, 0) is 24.8 Å². The van der Waals surface area contributed by atoms with E-state index in [4.69, 9.17) is 0 Å². The van der Waals surface area contributed by atoms with Gasteiger partial charge in [0, 0.05) is 29.3 Å². The first-order valence-corrected chi connectivity index (χ1v) is 9.13. The minimum atomic E-state index is -0.128. The van der Waals surface area contributed by atoms with Crippen molar-refractivity contribution in [1.29, 1.82) is 0 Å². The van der Waals surface area contributed by atoms with Gasteiger partial charge in [0.05, 0.1) is 5.39 Å². The van der Waals surface area contributed by atoms with Gasteiger partial charge in [0.15, 0.2) is 5.13 Å². The topological polar surface area (TPSA) is 87.7 Å². The summed E-state index contributed by atoms with van der Waals surface area (Å²) in [6.45, 7) is 0. The molecule has 0 aliphatic heterocycles. The van der Waals surface area contributed by atoms with Gasteiger partial charge < -0.3 is 10.3 Å². The molecule has 0 spiro atoms. The maximum Gasteiger partial charge on any atom is 0.259 e. The number of aromatic amines is 1. The molecule has 8 heteroatoms. The molecule has 0 atom stereocenters. The fraction of sp³-hybridized carbons (Fsp3) is 0.333. The number of anilines is 1. The largest absolute Gasteiger partial charge is 0.310 e. The first kappa shape index (κ1) is 14.5. The van der Waals surface area contributed by atoms with Gasteiger partial charge in [-0.25, -0.2) is 9.97 Å². The summed E-state index contributed by atoms with van der Waals surface area (Å²) in [6, 6.07) is 0. The maximum absolute atomic E-state index is 12.3. The first-order valence-electron chi connectivity index (χ1n) is 7.43. The van der Waals surface area contributed by atoms with Crippen LogP contribution in [0.3, 0.4) is 0 Å². The summed E-state index contributed by atoms with van der Waals surface area (Å²) in [7, 11) is 0. The SMILES string of the molecule is O=C(CCc1nc2sc3c(c2c(=O)[nH]1)CCC3)Nc1nccs1. The zero-order valence-corrected chi connectivity index (χ0v) is 13.9. The number of thiophene rings is 1. The lowest BCUT2D eigenvalue weighted by molar-refractivity contribution is -0.116. The van der Waals surface area contributed by atoms with E-state index in [0.717, 1.165) is 29.5 Å². The summed E-state index contributed by atoms with van der Waals surface area (Å²) in [5.41, 5.74) is 1.09. The Morgan fingerprint density at radius 3 is 3.13 bits per heavy atom. The Balaban J connectivity index is 1.51. The predicted octanol–water partition coefficient (Wildman–Crippen LogP) is 2.50. The fourth-order valence-electron chi connectivity index (χ4n) is 2.86. The van der Waals surface area contributed by atoms with E-state index in [1.807, 2.05) is 0 Å². The summed E-state index contributed by atoms with van der Waals surface area (Å²) in [5.74, 6) is 0.438. The molecule has 23 heavy (non-hydrogen) atoms. The zero-order chi connectivity index (χ0) is 15.8. The van der Waals surface area contributed by atoms with Crippen LogP contribution < -0.4 is 10.9 Å². The van der Waals surface area contributed by atoms with Crippen molar-refractivity contribution in [2.24, 2.45) is 0 Å². The summed E-state index contributed by atoms with van der Waals surface area (Å²) < 4.78 is 0. The van der Waals surface area contributed by atoms with Gasteiger partial charge in [0.1, 0.15) is 10.7 Å². The number of nitrogens with zero attached hydrogens (tertiary/aromatic N) is 2. The van der Waals surface area contributed by atoms with Gasteiger partial charge in [-0.15, -0.1) is 22.7 Å². The first-order chi connectivity index (χ1) is 11.2. The highest BCUT2D eigenvalue weighted by Gasteiger charge is 2.21. The molecule has 3 heterocycles. The number of H-pyrrole nitrogens is 1. The van der Waals surface area contributed by atoms with E-state index in [1.165, 1.54) is 21.8 Å². The molecule has 6 nitrogen and oxygen atoms in total. The van der Waals surface area contributed by atoms with Crippen LogP contribution in [0.5, 0.6) is 0 Å². The molecule has 1 aliphatic rings. The highest BCUT2D eigenvalue weighted by Crippen LogP contribution is 2.34. The van der Waals surface area contributed by atoms with Gasteiger partial charge in [0.2, 0.25) is 5.91 Å². The van der Waals surface area contributed by atoms with Crippen LogP contribution in [-0.2, 0) is 24.1 Å². The number of rotatable bonds is 4. The molecule has 1 amide bonds. The number of hydrogen-bond acceptors (Lipinski definition) is 6. The lowest BCUT2D eigenvalue weighted by Crippen LogP contribution is -2.16. The Kier molecular flexibility index (Phi) is 3.70. The average Bonchev–Trinajstić information content (AvgIpc) is 3.21. The highest BCUT2D eigenvalue weighted by atomic mass is 32.1. The second-order valence-electron chi connectivity index (χ2n) is 5.44. The number of carbonyl (C=O) groups is 1. The summed E-state index contributed by atoms with van der Waals surface area (Å²) in [4.78, 5) is 37.7. The fourth-order valence-corrected chi connectivity index (χ4v) is 4.69.